The summed E-state index contributed by atoms with van der Waals surface area (Å²) >= 11 is 39.1. The van der Waals surface area contributed by atoms with Crippen molar-refractivity contribution >= 4 is 176 Å². The van der Waals surface area contributed by atoms with Crippen LogP contribution in [0.3, 0.4) is 0 Å². The largest absolute Gasteiger partial charge is 1.00 e. The van der Waals surface area contributed by atoms with Crippen LogP contribution in [0.1, 0.15) is 67.1 Å². The first-order valence-corrected chi connectivity index (χ1v) is 36.8. The number of halogens is 7. The van der Waals surface area contributed by atoms with Crippen molar-refractivity contribution in [1.82, 2.24) is 0 Å². The predicted octanol–water partition coefficient (Wildman–Crippen LogP) is 18.4. The summed E-state index contributed by atoms with van der Waals surface area (Å²) in [6.07, 6.45) is 5.48. The van der Waals surface area contributed by atoms with Crippen LogP contribution < -0.4 is 34.7 Å². The molecule has 0 aliphatic rings. The number of aliphatic carboxylic acids is 1. The molecule has 2 aromatic carbocycles. The zero-order valence-corrected chi connectivity index (χ0v) is 66.8. The predicted molar refractivity (Wildman–Crippen MR) is 395 cm³/mol. The van der Waals surface area contributed by atoms with Crippen LogP contribution in [0.2, 0.25) is 17.3 Å². The van der Waals surface area contributed by atoms with E-state index < -0.39 is 5.97 Å². The van der Waals surface area contributed by atoms with Crippen LogP contribution >= 0.6 is 140 Å². The van der Waals surface area contributed by atoms with Crippen molar-refractivity contribution in [2.75, 3.05) is 26.4 Å². The summed E-state index contributed by atoms with van der Waals surface area (Å²) in [6, 6.07) is 45.0. The third kappa shape index (κ3) is 26.1. The number of carbonyl (C=O) groups excluding carboxylic acids is 6. The first kappa shape index (κ1) is 82.5. The Morgan fingerprint density at radius 2 is 0.770 bits per heavy atom. The molecule has 0 aliphatic heterocycles. The maximum Gasteiger partial charge on any atom is 1.00 e. The molecule has 0 radical (unpaired) electrons. The molecule has 0 unspecified atom stereocenters. The molecule has 10 heterocycles. The fourth-order valence-electron chi connectivity index (χ4n) is 8.64. The molecule has 12 rings (SSSR count). The fraction of sp³-hybridized carbons (Fsp3) is 0.183. The molecule has 10 aromatic heterocycles. The van der Waals surface area contributed by atoms with E-state index in [9.17, 15) is 33.9 Å². The molecule has 0 amide bonds. The van der Waals surface area contributed by atoms with E-state index in [0.29, 0.717) is 99.5 Å². The average molecular weight is 1720 g/mol. The first-order valence-electron chi connectivity index (χ1n) is 29.6. The number of carboxylic acid groups (broad SMARTS) is 1. The van der Waals surface area contributed by atoms with E-state index in [2.05, 4.69) is 47.8 Å². The SMILES string of the molecule is CCOC(=O)Cc1oc(-c2ccccc2)cc1-c1ccc(Cl)s1.CCOC(=O)Cc1oc(Br)cc1-c1ccc(Cl)s1.CCOC(=O)Cc1occc1-c1ccc(Cl)s1.CCOC(=O)Cc1occc1Br.O=C([O-])Cc1oc(-c2ccccc2)cc1-c1ccc(Cl)s1.O=Cc1occc1Br.[Na+]. The third-order valence-electron chi connectivity index (χ3n) is 12.8. The maximum absolute atomic E-state index is 11.8. The number of rotatable bonds is 21. The second-order valence-electron chi connectivity index (χ2n) is 19.6. The molecule has 0 aliphatic carbocycles. The van der Waals surface area contributed by atoms with E-state index in [-0.39, 0.29) is 85.5 Å². The van der Waals surface area contributed by atoms with E-state index in [0.717, 1.165) is 63.1 Å². The molecule has 518 valence electrons. The van der Waals surface area contributed by atoms with Gasteiger partial charge in [0.2, 0.25) is 0 Å². The van der Waals surface area contributed by atoms with Crippen LogP contribution in [-0.4, -0.2) is 62.6 Å². The minimum Gasteiger partial charge on any atom is -0.550 e. The Bertz CT molecular complexity index is 4540. The summed E-state index contributed by atoms with van der Waals surface area (Å²) in [6.45, 7) is 8.60. The Hall–Kier alpha value is -6.46. The van der Waals surface area contributed by atoms with Crippen LogP contribution in [-0.2, 0) is 75.0 Å². The molecular weight excluding hydrogens is 1660 g/mol. The number of hydrogen-bond acceptors (Lipinski definition) is 21. The van der Waals surface area contributed by atoms with Crippen LogP contribution in [0.15, 0.2) is 205 Å². The van der Waals surface area contributed by atoms with Gasteiger partial charge in [0.25, 0.3) is 0 Å². The molecule has 17 nitrogen and oxygen atoms in total. The Labute approximate surface area is 658 Å². The molecular formula is C71H58Br3Cl4NaO17S4. The van der Waals surface area contributed by atoms with Crippen LogP contribution in [0.4, 0.5) is 0 Å². The zero-order chi connectivity index (χ0) is 71.4. The fourth-order valence-corrected chi connectivity index (χ4v) is 14.0. The van der Waals surface area contributed by atoms with Crippen molar-refractivity contribution in [3.05, 3.63) is 230 Å². The minimum atomic E-state index is -1.17. The van der Waals surface area contributed by atoms with Crippen molar-refractivity contribution in [3.8, 4) is 64.4 Å². The molecule has 0 spiro atoms. The van der Waals surface area contributed by atoms with Gasteiger partial charge in [-0.25, -0.2) is 0 Å². The number of carboxylic acids is 1. The minimum absolute atomic E-state index is 0. The molecule has 0 saturated heterocycles. The summed E-state index contributed by atoms with van der Waals surface area (Å²) in [5.74, 6) is 2.14. The number of esters is 4. The third-order valence-corrected chi connectivity index (χ3v) is 19.6. The van der Waals surface area contributed by atoms with Crippen molar-refractivity contribution in [3.63, 3.8) is 0 Å². The average Bonchev–Trinajstić information content (AvgIpc) is 1.68. The summed E-state index contributed by atoms with van der Waals surface area (Å²) < 4.78 is 56.6. The molecule has 12 aromatic rings. The van der Waals surface area contributed by atoms with Gasteiger partial charge in [-0.15, -0.1) is 45.3 Å². The van der Waals surface area contributed by atoms with Crippen molar-refractivity contribution in [2.45, 2.75) is 59.8 Å². The maximum atomic E-state index is 11.8. The molecule has 0 N–H and O–H groups in total. The van der Waals surface area contributed by atoms with Gasteiger partial charge in [0.05, 0.1) is 71.5 Å². The van der Waals surface area contributed by atoms with Gasteiger partial charge in [0, 0.05) is 71.3 Å². The van der Waals surface area contributed by atoms with Crippen molar-refractivity contribution in [2.24, 2.45) is 0 Å². The Kier molecular flexibility index (Phi) is 35.3. The Morgan fingerprint density at radius 1 is 0.420 bits per heavy atom. The van der Waals surface area contributed by atoms with E-state index in [4.69, 9.17) is 91.9 Å². The van der Waals surface area contributed by atoms with E-state index in [1.165, 1.54) is 57.9 Å². The topological polar surface area (TPSA) is 241 Å². The molecule has 29 heteroatoms. The summed E-state index contributed by atoms with van der Waals surface area (Å²) in [5, 5.41) is 10.9. The summed E-state index contributed by atoms with van der Waals surface area (Å²) in [7, 11) is 0. The number of furan rings is 6. The van der Waals surface area contributed by atoms with Crippen LogP contribution in [0.5, 0.6) is 0 Å². The van der Waals surface area contributed by atoms with Crippen LogP contribution in [0.25, 0.3) is 64.4 Å². The second kappa shape index (κ2) is 42.8. The number of benzene rings is 2. The number of hydrogen-bond donors (Lipinski definition) is 0. The Balaban J connectivity index is 0.000000193. The summed E-state index contributed by atoms with van der Waals surface area (Å²) in [5.41, 5.74) is 5.25. The number of carbonyl (C=O) groups is 6. The molecule has 0 atom stereocenters. The number of ether oxygens (including phenoxy) is 4. The van der Waals surface area contributed by atoms with Gasteiger partial charge < -0.3 is 55.4 Å². The van der Waals surface area contributed by atoms with Gasteiger partial charge in [-0.1, -0.05) is 107 Å². The van der Waals surface area contributed by atoms with E-state index >= 15 is 0 Å². The van der Waals surface area contributed by atoms with Gasteiger partial charge in [0.15, 0.2) is 16.7 Å². The van der Waals surface area contributed by atoms with Gasteiger partial charge in [-0.2, -0.15) is 0 Å². The van der Waals surface area contributed by atoms with Gasteiger partial charge in [-0.05, 0) is 154 Å². The number of aldehydes is 1. The molecule has 0 bridgehead atoms. The normalized spacial score (nSPS) is 10.3. The zero-order valence-electron chi connectivity index (χ0n) is 53.7. The molecule has 0 saturated carbocycles. The smallest absolute Gasteiger partial charge is 0.550 e. The standard InChI is InChI=1S/C18H15ClO3S.C16H11ClO3S.C12H10BrClO3S.C12H11ClO3S.C8H9BrO3.C5H3BrO2.Na/c1-2-21-18(20)11-15-13(16-8-9-17(19)23-16)10-14(22-15)12-6-4-3-5-7-12;17-15-7-6-14(21-15)11-8-12(10-4-2-1-3-5-10)20-13(11)9-16(18)19;1-2-16-12(15)6-8-7(5-10(13)17-8)9-3-4-11(14)18-9;1-2-15-12(14)7-9-8(5-6-16-9)10-3-4-11(13)17-10;1-2-11-8(10)5-7-6(9)3-4-12-7;6-4-1-2-8-5(4)3-7;/h3-10H,2,11H2,1H3;1-8H,9H2,(H,18,19);3-5H,2,6H2,1H3;3-6H,2,7H2,1H3;3-4H,2,5H2,1H3;1-3H;/q;;;;;;+1/p-1. The first-order chi connectivity index (χ1) is 47.7. The van der Waals surface area contributed by atoms with Gasteiger partial charge in [0.1, 0.15) is 66.0 Å². The van der Waals surface area contributed by atoms with Crippen LogP contribution in [0, 0.1) is 0 Å². The molecule has 100 heavy (non-hydrogen) atoms. The van der Waals surface area contributed by atoms with Gasteiger partial charge in [-0.3, -0.25) is 24.0 Å². The Morgan fingerprint density at radius 3 is 1.12 bits per heavy atom. The monoisotopic (exact) mass is 1710 g/mol. The second-order valence-corrected chi connectivity index (χ2v) is 29.0. The number of thiophene rings is 4. The molecule has 0 fully saturated rings. The van der Waals surface area contributed by atoms with Gasteiger partial charge >= 0.3 is 53.4 Å². The van der Waals surface area contributed by atoms with E-state index in [1.807, 2.05) is 127 Å². The van der Waals surface area contributed by atoms with E-state index in [1.54, 1.807) is 52.2 Å². The van der Waals surface area contributed by atoms with Crippen molar-refractivity contribution < 1.29 is 109 Å². The van der Waals surface area contributed by atoms with Crippen molar-refractivity contribution in [1.29, 1.82) is 0 Å². The summed E-state index contributed by atoms with van der Waals surface area (Å²) in [4.78, 5) is 70.4. The quantitative estimate of drug-likeness (QED) is 0.0281.